The van der Waals surface area contributed by atoms with Gasteiger partial charge >= 0.3 is 0 Å². The summed E-state index contributed by atoms with van der Waals surface area (Å²) < 4.78 is 0. The van der Waals surface area contributed by atoms with Crippen LogP contribution in [0.3, 0.4) is 0 Å². The molecule has 0 radical (unpaired) electrons. The molecule has 18 heavy (non-hydrogen) atoms. The first kappa shape index (κ1) is 11.9. The van der Waals surface area contributed by atoms with E-state index in [4.69, 9.17) is 10.5 Å². The van der Waals surface area contributed by atoms with Crippen molar-refractivity contribution in [1.82, 2.24) is 9.88 Å². The Labute approximate surface area is 106 Å². The van der Waals surface area contributed by atoms with Gasteiger partial charge in [0.05, 0.1) is 0 Å². The predicted molar refractivity (Wildman–Crippen MR) is 67.3 cm³/mol. The van der Waals surface area contributed by atoms with Crippen LogP contribution < -0.4 is 4.90 Å². The minimum absolute atomic E-state index is 0.154. The maximum absolute atomic E-state index is 8.70. The highest BCUT2D eigenvalue weighted by Crippen LogP contribution is 2.12. The topological polar surface area (TPSA) is 67.0 Å². The molecule has 0 N–H and O–H groups in total. The van der Waals surface area contributed by atoms with E-state index in [1.165, 1.54) is 0 Å². The van der Waals surface area contributed by atoms with E-state index in [9.17, 15) is 0 Å². The average molecular weight is 239 g/mol. The number of nitriles is 2. The van der Waals surface area contributed by atoms with Crippen molar-refractivity contribution in [2.45, 2.75) is 0 Å². The van der Waals surface area contributed by atoms with Gasteiger partial charge in [0.1, 0.15) is 23.5 Å². The summed E-state index contributed by atoms with van der Waals surface area (Å²) in [4.78, 5) is 8.51. The molecule has 0 bridgehead atoms. The lowest BCUT2D eigenvalue weighted by Gasteiger charge is -2.34. The Morgan fingerprint density at radius 1 is 1.17 bits per heavy atom. The molecule has 1 aliphatic heterocycles. The molecule has 1 fully saturated rings. The zero-order chi connectivity index (χ0) is 12.8. The van der Waals surface area contributed by atoms with Gasteiger partial charge in [0.2, 0.25) is 0 Å². The number of piperazine rings is 1. The monoisotopic (exact) mass is 239 g/mol. The molecule has 0 aliphatic carbocycles. The molecule has 1 aliphatic rings. The Morgan fingerprint density at radius 3 is 2.44 bits per heavy atom. The molecule has 0 saturated carbocycles. The lowest BCUT2D eigenvalue weighted by molar-refractivity contribution is 0.347. The summed E-state index contributed by atoms with van der Waals surface area (Å²) in [5.74, 6) is 0.974. The highest BCUT2D eigenvalue weighted by Gasteiger charge is 2.16. The molecule has 0 aromatic carbocycles. The number of anilines is 1. The van der Waals surface area contributed by atoms with Gasteiger partial charge in [-0.1, -0.05) is 6.07 Å². The number of hydrogen-bond acceptors (Lipinski definition) is 5. The fourth-order valence-corrected chi connectivity index (χ4v) is 1.89. The van der Waals surface area contributed by atoms with Crippen molar-refractivity contribution < 1.29 is 0 Å². The summed E-state index contributed by atoms with van der Waals surface area (Å²) in [5, 5.41) is 17.4. The van der Waals surface area contributed by atoms with Crippen molar-refractivity contribution in [2.24, 2.45) is 0 Å². The zero-order valence-electron chi connectivity index (χ0n) is 9.95. The second-order valence-corrected chi connectivity index (χ2v) is 3.98. The first-order valence-electron chi connectivity index (χ1n) is 5.75. The molecule has 5 nitrogen and oxygen atoms in total. The van der Waals surface area contributed by atoms with Gasteiger partial charge in [-0.05, 0) is 12.1 Å². The number of rotatable bonds is 2. The minimum atomic E-state index is 0.154. The van der Waals surface area contributed by atoms with Crippen LogP contribution in [0.1, 0.15) is 0 Å². The molecular formula is C13H13N5. The van der Waals surface area contributed by atoms with Crippen LogP contribution in [0.25, 0.3) is 0 Å². The second kappa shape index (κ2) is 5.70. The van der Waals surface area contributed by atoms with Crippen molar-refractivity contribution >= 4 is 5.82 Å². The van der Waals surface area contributed by atoms with Gasteiger partial charge in [0.15, 0.2) is 0 Å². The molecule has 1 saturated heterocycles. The molecule has 0 unspecified atom stereocenters. The van der Waals surface area contributed by atoms with Crippen LogP contribution in [-0.4, -0.2) is 36.1 Å². The van der Waals surface area contributed by atoms with E-state index in [0.29, 0.717) is 0 Å². The van der Waals surface area contributed by atoms with Crippen LogP contribution in [0.4, 0.5) is 5.82 Å². The molecule has 5 heteroatoms. The van der Waals surface area contributed by atoms with Crippen LogP contribution in [0, 0.1) is 22.7 Å². The molecule has 0 spiro atoms. The minimum Gasteiger partial charge on any atom is -0.372 e. The van der Waals surface area contributed by atoms with E-state index < -0.39 is 0 Å². The zero-order valence-corrected chi connectivity index (χ0v) is 9.95. The first-order chi connectivity index (χ1) is 8.83. The van der Waals surface area contributed by atoms with Gasteiger partial charge in [-0.25, -0.2) is 4.98 Å². The Kier molecular flexibility index (Phi) is 3.78. The lowest BCUT2D eigenvalue weighted by atomic mass is 10.3. The third kappa shape index (κ3) is 2.78. The fourth-order valence-electron chi connectivity index (χ4n) is 1.89. The molecule has 1 aromatic heterocycles. The van der Waals surface area contributed by atoms with Gasteiger partial charge in [-0.15, -0.1) is 0 Å². The first-order valence-corrected chi connectivity index (χ1v) is 5.75. The SMILES string of the molecule is N#CC(C#N)=CN1CCN(c2ccccn2)CC1. The normalized spacial score (nSPS) is 14.6. The summed E-state index contributed by atoms with van der Waals surface area (Å²) in [7, 11) is 0. The van der Waals surface area contributed by atoms with Crippen LogP contribution in [0.15, 0.2) is 36.2 Å². The number of pyridine rings is 1. The van der Waals surface area contributed by atoms with Crippen molar-refractivity contribution in [3.63, 3.8) is 0 Å². The maximum Gasteiger partial charge on any atom is 0.145 e. The van der Waals surface area contributed by atoms with E-state index in [1.807, 2.05) is 35.2 Å². The van der Waals surface area contributed by atoms with Crippen molar-refractivity contribution in [1.29, 1.82) is 10.5 Å². The van der Waals surface area contributed by atoms with Crippen molar-refractivity contribution in [3.8, 4) is 12.1 Å². The molecule has 2 rings (SSSR count). The maximum atomic E-state index is 8.70. The molecule has 90 valence electrons. The second-order valence-electron chi connectivity index (χ2n) is 3.98. The fraction of sp³-hybridized carbons (Fsp3) is 0.308. The van der Waals surface area contributed by atoms with Gasteiger partial charge in [-0.2, -0.15) is 10.5 Å². The number of aromatic nitrogens is 1. The van der Waals surface area contributed by atoms with Crippen LogP contribution in [0.5, 0.6) is 0 Å². The van der Waals surface area contributed by atoms with E-state index >= 15 is 0 Å². The van der Waals surface area contributed by atoms with E-state index in [1.54, 1.807) is 12.4 Å². The van der Waals surface area contributed by atoms with E-state index in [-0.39, 0.29) is 5.57 Å². The van der Waals surface area contributed by atoms with Gasteiger partial charge in [-0.3, -0.25) is 0 Å². The molecular weight excluding hydrogens is 226 g/mol. The lowest BCUT2D eigenvalue weighted by Crippen LogP contribution is -2.44. The average Bonchev–Trinajstić information content (AvgIpc) is 2.46. The van der Waals surface area contributed by atoms with E-state index in [0.717, 1.165) is 32.0 Å². The third-order valence-electron chi connectivity index (χ3n) is 2.84. The summed E-state index contributed by atoms with van der Waals surface area (Å²) in [6, 6.07) is 9.60. The highest BCUT2D eigenvalue weighted by molar-refractivity contribution is 5.39. The summed E-state index contributed by atoms with van der Waals surface area (Å²) in [6.45, 7) is 3.28. The number of hydrogen-bond donors (Lipinski definition) is 0. The molecule has 1 aromatic rings. The largest absolute Gasteiger partial charge is 0.372 e. The quantitative estimate of drug-likeness (QED) is 0.724. The van der Waals surface area contributed by atoms with Gasteiger partial charge in [0, 0.05) is 38.6 Å². The van der Waals surface area contributed by atoms with Crippen molar-refractivity contribution in [2.75, 3.05) is 31.1 Å². The van der Waals surface area contributed by atoms with Crippen LogP contribution >= 0.6 is 0 Å². The Hall–Kier alpha value is -2.53. The Balaban J connectivity index is 1.96. The smallest absolute Gasteiger partial charge is 0.145 e. The van der Waals surface area contributed by atoms with E-state index in [2.05, 4.69) is 9.88 Å². The summed E-state index contributed by atoms with van der Waals surface area (Å²) >= 11 is 0. The van der Waals surface area contributed by atoms with Crippen molar-refractivity contribution in [3.05, 3.63) is 36.2 Å². The predicted octanol–water partition coefficient (Wildman–Crippen LogP) is 1.13. The van der Waals surface area contributed by atoms with Gasteiger partial charge in [0.25, 0.3) is 0 Å². The van der Waals surface area contributed by atoms with Gasteiger partial charge < -0.3 is 9.80 Å². The standard InChI is InChI=1S/C13H13N5/c14-9-12(10-15)11-17-5-7-18(8-6-17)13-3-1-2-4-16-13/h1-4,11H,5-8H2. The molecule has 2 heterocycles. The summed E-state index contributed by atoms with van der Waals surface area (Å²) in [5.41, 5.74) is 0.154. The Morgan fingerprint density at radius 2 is 1.89 bits per heavy atom. The highest BCUT2D eigenvalue weighted by atomic mass is 15.3. The Bertz CT molecular complexity index is 484. The van der Waals surface area contributed by atoms with Crippen LogP contribution in [0.2, 0.25) is 0 Å². The number of allylic oxidation sites excluding steroid dienone is 1. The third-order valence-corrected chi connectivity index (χ3v) is 2.84. The summed E-state index contributed by atoms with van der Waals surface area (Å²) in [6.07, 6.45) is 3.42. The van der Waals surface area contributed by atoms with Crippen LogP contribution in [-0.2, 0) is 0 Å². The molecule has 0 atom stereocenters. The number of nitrogens with zero attached hydrogens (tertiary/aromatic N) is 5. The molecule has 0 amide bonds.